The van der Waals surface area contributed by atoms with Crippen molar-refractivity contribution in [2.75, 3.05) is 27.9 Å². The molecule has 1 aliphatic rings. The summed E-state index contributed by atoms with van der Waals surface area (Å²) in [5.74, 6) is 4.08. The zero-order valence-corrected chi connectivity index (χ0v) is 47.4. The Hall–Kier alpha value is -3.54. The van der Waals surface area contributed by atoms with Crippen LogP contribution in [0, 0.1) is 30.6 Å². The first-order valence-corrected chi connectivity index (χ1v) is 26.9. The minimum atomic E-state index is -2.52. The highest BCUT2D eigenvalue weighted by Gasteiger charge is 2.37. The molecule has 0 saturated heterocycles. The van der Waals surface area contributed by atoms with Crippen LogP contribution in [0.3, 0.4) is 0 Å². The normalized spacial score (nSPS) is 14.0. The summed E-state index contributed by atoms with van der Waals surface area (Å²) >= 11 is 1.52. The zero-order valence-electron chi connectivity index (χ0n) is 46.6. The van der Waals surface area contributed by atoms with Crippen LogP contribution in [-0.2, 0) is 19.1 Å². The summed E-state index contributed by atoms with van der Waals surface area (Å²) in [6, 6.07) is 9.43. The number of aryl methyl sites for hydroxylation is 1. The van der Waals surface area contributed by atoms with Gasteiger partial charge in [0, 0.05) is 32.6 Å². The predicted molar refractivity (Wildman–Crippen MR) is 292 cm³/mol. The van der Waals surface area contributed by atoms with Gasteiger partial charge in [-0.15, -0.1) is 11.3 Å². The van der Waals surface area contributed by atoms with Crippen molar-refractivity contribution >= 4 is 29.7 Å². The van der Waals surface area contributed by atoms with Crippen LogP contribution < -0.4 is 4.74 Å². The predicted octanol–water partition coefficient (Wildman–Crippen LogP) is 18.1. The number of unbranched alkanes of at least 4 members (excludes halogenated alkanes) is 3. The van der Waals surface area contributed by atoms with E-state index in [1.165, 1.54) is 113 Å². The number of carbonyl (C=O) groups is 2. The van der Waals surface area contributed by atoms with E-state index in [1.807, 2.05) is 43.6 Å². The Labute approximate surface area is 425 Å². The maximum Gasteiger partial charge on any atom is 0.290 e. The minimum absolute atomic E-state index is 0.129. The van der Waals surface area contributed by atoms with Gasteiger partial charge in [-0.2, -0.15) is 0 Å². The standard InChI is InChI=1S/C17H34O.C16H25NO.C14H15F2NS.C6H14.C2H6O.C2H4O.CH2O2/c1-6-15(5)11-12-18-17(7-2,14(3)4)13-16-9-8-10-16;1-6-8-14(9-12(3)7-2)15-10-13(4)16(18-5)17-11-15;1-3-9(2)10-7-11(13-5-4-6-18-13)17-12(8-10)14(15)16;1-3-5-6-4-2;1-3-2;1-2-3;2-1-3/h14-16H,6-13H2,1-5H3;8,10-12H,6-7,9H2,1-5H3;4-9,14H,3H2,1-2H3;3-6H2,1-2H3;1-2H3;2H,1H3;1H,(H,2,3)/b;14-8+;;;;;. The van der Waals surface area contributed by atoms with Crippen LogP contribution in [0.15, 0.2) is 48.0 Å². The van der Waals surface area contributed by atoms with Crippen LogP contribution in [0.5, 0.6) is 5.88 Å². The number of aldehydes is 1. The Kier molecular flexibility index (Phi) is 44.9. The Morgan fingerprint density at radius 2 is 1.49 bits per heavy atom. The molecule has 0 radical (unpaired) electrons. The molecule has 0 amide bonds. The summed E-state index contributed by atoms with van der Waals surface area (Å²) in [7, 11) is 4.91. The average Bonchev–Trinajstić information content (AvgIpc) is 3.88. The molecule has 3 heterocycles. The molecule has 4 rings (SSSR count). The van der Waals surface area contributed by atoms with E-state index in [4.69, 9.17) is 24.2 Å². The fraction of sp³-hybridized carbons (Fsp3) is 0.690. The van der Waals surface area contributed by atoms with Crippen LogP contribution >= 0.6 is 11.3 Å². The van der Waals surface area contributed by atoms with Crippen LogP contribution in [0.4, 0.5) is 8.78 Å². The van der Waals surface area contributed by atoms with Gasteiger partial charge in [0.15, 0.2) is 0 Å². The summed E-state index contributed by atoms with van der Waals surface area (Å²) in [6.45, 7) is 31.1. The number of allylic oxidation sites excluding steroid dienone is 2. The number of hydrogen-bond acceptors (Lipinski definition) is 8. The van der Waals surface area contributed by atoms with Crippen LogP contribution in [-0.4, -0.2) is 61.4 Å². The van der Waals surface area contributed by atoms with E-state index in [0.29, 0.717) is 17.5 Å². The Morgan fingerprint density at radius 3 is 1.88 bits per heavy atom. The number of methoxy groups -OCH3 is 2. The Balaban J connectivity index is -0.000000824. The molecule has 1 saturated carbocycles. The molecule has 11 heteroatoms. The number of alkyl halides is 2. The second kappa shape index (κ2) is 44.4. The van der Waals surface area contributed by atoms with E-state index in [-0.39, 0.29) is 23.7 Å². The van der Waals surface area contributed by atoms with Gasteiger partial charge in [0.05, 0.1) is 23.3 Å². The van der Waals surface area contributed by atoms with Gasteiger partial charge in [-0.3, -0.25) is 4.79 Å². The number of carbonyl (C=O) groups excluding carboxylic acids is 1. The van der Waals surface area contributed by atoms with Gasteiger partial charge in [0.1, 0.15) is 12.0 Å². The van der Waals surface area contributed by atoms with Gasteiger partial charge >= 0.3 is 0 Å². The molecule has 1 fully saturated rings. The van der Waals surface area contributed by atoms with Gasteiger partial charge < -0.3 is 24.1 Å². The molecule has 1 N–H and O–H groups in total. The van der Waals surface area contributed by atoms with Crippen molar-refractivity contribution in [1.29, 1.82) is 0 Å². The number of thiophene rings is 1. The summed E-state index contributed by atoms with van der Waals surface area (Å²) in [5, 5.41) is 8.81. The molecule has 3 aromatic heterocycles. The lowest BCUT2D eigenvalue weighted by Gasteiger charge is -2.42. The van der Waals surface area contributed by atoms with Crippen LogP contribution in [0.25, 0.3) is 16.1 Å². The van der Waals surface area contributed by atoms with Crippen LogP contribution in [0.2, 0.25) is 0 Å². The topological polar surface area (TPSA) is 108 Å². The number of hydrogen-bond donors (Lipinski definition) is 1. The fourth-order valence-corrected chi connectivity index (χ4v) is 7.95. The van der Waals surface area contributed by atoms with Crippen molar-refractivity contribution in [2.24, 2.45) is 23.7 Å². The highest BCUT2D eigenvalue weighted by Crippen LogP contribution is 2.41. The van der Waals surface area contributed by atoms with Crippen molar-refractivity contribution in [1.82, 2.24) is 9.97 Å². The number of halogens is 2. The Morgan fingerprint density at radius 1 is 0.913 bits per heavy atom. The number of carboxylic acid groups (broad SMARTS) is 1. The van der Waals surface area contributed by atoms with Crippen molar-refractivity contribution in [3.63, 3.8) is 0 Å². The number of aromatic nitrogens is 2. The molecule has 0 aliphatic heterocycles. The third-order valence-corrected chi connectivity index (χ3v) is 13.4. The molecule has 8 nitrogen and oxygen atoms in total. The third-order valence-electron chi connectivity index (χ3n) is 12.5. The Bertz CT molecular complexity index is 1670. The quantitative estimate of drug-likeness (QED) is 0.0783. The van der Waals surface area contributed by atoms with Gasteiger partial charge in [0.2, 0.25) is 5.88 Å². The summed E-state index contributed by atoms with van der Waals surface area (Å²) in [4.78, 5) is 26.5. The van der Waals surface area contributed by atoms with Crippen molar-refractivity contribution in [3.8, 4) is 16.5 Å². The molecule has 0 aromatic carbocycles. The summed E-state index contributed by atoms with van der Waals surface area (Å²) < 4.78 is 41.6. The first-order valence-electron chi connectivity index (χ1n) is 26.0. The average molecular weight is 992 g/mol. The van der Waals surface area contributed by atoms with Crippen molar-refractivity contribution < 1.29 is 37.7 Å². The highest BCUT2D eigenvalue weighted by atomic mass is 32.1. The minimum Gasteiger partial charge on any atom is -0.483 e. The van der Waals surface area contributed by atoms with E-state index in [1.54, 1.807) is 21.3 Å². The molecule has 4 unspecified atom stereocenters. The van der Waals surface area contributed by atoms with Crippen molar-refractivity contribution in [2.45, 2.75) is 211 Å². The van der Waals surface area contributed by atoms with E-state index in [9.17, 15) is 8.78 Å². The second-order valence-electron chi connectivity index (χ2n) is 18.4. The monoisotopic (exact) mass is 991 g/mol. The molecule has 69 heavy (non-hydrogen) atoms. The lowest BCUT2D eigenvalue weighted by atomic mass is 9.72. The lowest BCUT2D eigenvalue weighted by Crippen LogP contribution is -2.41. The van der Waals surface area contributed by atoms with E-state index < -0.39 is 6.43 Å². The van der Waals surface area contributed by atoms with E-state index >= 15 is 0 Å². The number of pyridine rings is 2. The maximum atomic E-state index is 12.9. The molecular weight excluding hydrogens is 891 g/mol. The smallest absolute Gasteiger partial charge is 0.290 e. The molecule has 1 aliphatic carbocycles. The first kappa shape index (κ1) is 69.7. The van der Waals surface area contributed by atoms with Crippen LogP contribution in [0.1, 0.15) is 221 Å². The van der Waals surface area contributed by atoms with E-state index in [0.717, 1.165) is 65.9 Å². The summed E-state index contributed by atoms with van der Waals surface area (Å²) in [6.07, 6.45) is 21.6. The maximum absolute atomic E-state index is 12.9. The second-order valence-corrected chi connectivity index (χ2v) is 19.3. The molecule has 398 valence electrons. The molecular formula is C58H100F2N2O6S. The van der Waals surface area contributed by atoms with Crippen molar-refractivity contribution in [3.05, 3.63) is 70.4 Å². The fourth-order valence-electron chi connectivity index (χ4n) is 7.26. The number of rotatable bonds is 22. The third kappa shape index (κ3) is 31.4. The van der Waals surface area contributed by atoms with Gasteiger partial charge in [-0.1, -0.05) is 153 Å². The molecule has 0 spiro atoms. The first-order chi connectivity index (χ1) is 32.9. The summed E-state index contributed by atoms with van der Waals surface area (Å²) in [5.41, 5.74) is 5.35. The molecule has 0 bridgehead atoms. The van der Waals surface area contributed by atoms with Gasteiger partial charge in [-0.25, -0.2) is 18.7 Å². The van der Waals surface area contributed by atoms with E-state index in [2.05, 4.69) is 103 Å². The highest BCUT2D eigenvalue weighted by molar-refractivity contribution is 7.13. The number of nitrogens with zero attached hydrogens (tertiary/aromatic N) is 2. The number of ether oxygens (including phenoxy) is 3. The van der Waals surface area contributed by atoms with Gasteiger partial charge in [0.25, 0.3) is 12.9 Å². The van der Waals surface area contributed by atoms with Gasteiger partial charge in [-0.05, 0) is 128 Å². The lowest BCUT2D eigenvalue weighted by molar-refractivity contribution is -0.122. The SMILES string of the molecule is CC/C=C(\CC(C)CC)c1cnc(OC)c(C)c1.CC=O.CCC(C)CCOC(CC)(CC1CCC1)C(C)C.CCC(C)c1cc(-c2cccs2)nc(C(F)F)c1.CCCCCC.COC.O=CO. The largest absolute Gasteiger partial charge is 0.483 e. The molecule has 3 aromatic rings. The molecule has 4 atom stereocenters. The zero-order chi connectivity index (χ0) is 53.2.